The third-order valence-electron chi connectivity index (χ3n) is 3.70. The molecule has 2 unspecified atom stereocenters. The van der Waals surface area contributed by atoms with E-state index in [2.05, 4.69) is 29.8 Å². The van der Waals surface area contributed by atoms with Gasteiger partial charge < -0.3 is 18.9 Å². The topological polar surface area (TPSA) is 43.7 Å². The molecule has 2 atom stereocenters. The van der Waals surface area contributed by atoms with E-state index in [0.29, 0.717) is 18.8 Å². The van der Waals surface area contributed by atoms with E-state index in [9.17, 15) is 4.79 Å². The molecule has 0 aliphatic carbocycles. The van der Waals surface area contributed by atoms with E-state index in [-0.39, 0.29) is 24.2 Å². The van der Waals surface area contributed by atoms with Gasteiger partial charge in [0, 0.05) is 44.0 Å². The number of nitrogens with zero attached hydrogens (tertiary/aromatic N) is 2. The second kappa shape index (κ2) is 6.28. The first-order valence-corrected chi connectivity index (χ1v) is 7.49. The maximum absolute atomic E-state index is 12.7. The summed E-state index contributed by atoms with van der Waals surface area (Å²) in [5.41, 5.74) is 0.693. The van der Waals surface area contributed by atoms with Crippen LogP contribution in [0, 0.1) is 0 Å². The average Bonchev–Trinajstić information content (AvgIpc) is 3.00. The van der Waals surface area contributed by atoms with Crippen LogP contribution in [0.15, 0.2) is 16.7 Å². The molecule has 1 fully saturated rings. The molecule has 1 aliphatic heterocycles. The first kappa shape index (κ1) is 15.5. The number of halogens is 1. The summed E-state index contributed by atoms with van der Waals surface area (Å²) in [6.07, 6.45) is 1.82. The van der Waals surface area contributed by atoms with Crippen LogP contribution in [-0.2, 0) is 9.47 Å². The maximum atomic E-state index is 12.7. The van der Waals surface area contributed by atoms with Crippen molar-refractivity contribution < 1.29 is 14.3 Å². The van der Waals surface area contributed by atoms with Crippen molar-refractivity contribution in [1.82, 2.24) is 9.47 Å². The molecule has 2 rings (SSSR count). The van der Waals surface area contributed by atoms with Crippen LogP contribution < -0.4 is 0 Å². The number of rotatable bonds is 4. The van der Waals surface area contributed by atoms with Gasteiger partial charge in [0.2, 0.25) is 0 Å². The molecule has 20 heavy (non-hydrogen) atoms. The van der Waals surface area contributed by atoms with Crippen molar-refractivity contribution in [3.8, 4) is 0 Å². The lowest BCUT2D eigenvalue weighted by Gasteiger charge is -2.19. The second-order valence-electron chi connectivity index (χ2n) is 5.30. The summed E-state index contributed by atoms with van der Waals surface area (Å²) in [7, 11) is 3.30. The Bertz CT molecular complexity index is 475. The highest BCUT2D eigenvalue weighted by atomic mass is 79.9. The summed E-state index contributed by atoms with van der Waals surface area (Å²) < 4.78 is 13.7. The summed E-state index contributed by atoms with van der Waals surface area (Å²) >= 11 is 3.44. The Kier molecular flexibility index (Phi) is 4.88. The van der Waals surface area contributed by atoms with Gasteiger partial charge in [-0.05, 0) is 35.8 Å². The first-order chi connectivity index (χ1) is 9.47. The predicted octanol–water partition coefficient (Wildman–Crippen LogP) is 2.32. The number of carbonyl (C=O) groups excluding carboxylic acids is 1. The molecule has 5 nitrogen and oxygen atoms in total. The van der Waals surface area contributed by atoms with Crippen LogP contribution in [-0.4, -0.2) is 54.9 Å². The Morgan fingerprint density at radius 2 is 1.85 bits per heavy atom. The number of ether oxygens (including phenoxy) is 2. The Labute approximate surface area is 128 Å². The molecular formula is C14H21BrN2O3. The van der Waals surface area contributed by atoms with Gasteiger partial charge in [-0.1, -0.05) is 0 Å². The third-order valence-corrected chi connectivity index (χ3v) is 4.13. The van der Waals surface area contributed by atoms with Crippen molar-refractivity contribution in [3.05, 3.63) is 22.4 Å². The molecule has 1 aliphatic rings. The molecule has 0 spiro atoms. The molecule has 6 heteroatoms. The lowest BCUT2D eigenvalue weighted by molar-refractivity contribution is -0.00461. The fourth-order valence-electron chi connectivity index (χ4n) is 2.57. The van der Waals surface area contributed by atoms with Crippen molar-refractivity contribution in [3.63, 3.8) is 0 Å². The van der Waals surface area contributed by atoms with E-state index >= 15 is 0 Å². The first-order valence-electron chi connectivity index (χ1n) is 6.70. The number of likely N-dealkylation sites (tertiary alicyclic amines) is 1. The van der Waals surface area contributed by atoms with Crippen LogP contribution in [0.5, 0.6) is 0 Å². The van der Waals surface area contributed by atoms with Crippen molar-refractivity contribution >= 4 is 21.8 Å². The van der Waals surface area contributed by atoms with Gasteiger partial charge in [0.15, 0.2) is 0 Å². The fraction of sp³-hybridized carbons (Fsp3) is 0.643. The van der Waals surface area contributed by atoms with Crippen LogP contribution in [0.4, 0.5) is 0 Å². The highest BCUT2D eigenvalue weighted by Crippen LogP contribution is 2.23. The molecule has 1 aromatic heterocycles. The Hall–Kier alpha value is -0.850. The van der Waals surface area contributed by atoms with Gasteiger partial charge in [0.05, 0.1) is 0 Å². The molecule has 0 radical (unpaired) electrons. The SMILES string of the molecule is COC1CN(C(=O)c2cc(Br)cn2C(C)C)CC1OC. The summed E-state index contributed by atoms with van der Waals surface area (Å²) in [5, 5.41) is 0. The summed E-state index contributed by atoms with van der Waals surface area (Å²) in [6.45, 7) is 5.25. The van der Waals surface area contributed by atoms with E-state index < -0.39 is 0 Å². The van der Waals surface area contributed by atoms with E-state index in [1.165, 1.54) is 0 Å². The number of hydrogen-bond donors (Lipinski definition) is 0. The lowest BCUT2D eigenvalue weighted by atomic mass is 10.3. The molecule has 0 bridgehead atoms. The smallest absolute Gasteiger partial charge is 0.270 e. The fourth-order valence-corrected chi connectivity index (χ4v) is 3.01. The summed E-state index contributed by atoms with van der Waals surface area (Å²) in [5.74, 6) is 0.0194. The van der Waals surface area contributed by atoms with Crippen molar-refractivity contribution in [1.29, 1.82) is 0 Å². The molecule has 112 valence electrons. The monoisotopic (exact) mass is 344 g/mol. The third kappa shape index (κ3) is 2.92. The Morgan fingerprint density at radius 1 is 1.30 bits per heavy atom. The van der Waals surface area contributed by atoms with E-state index in [1.807, 2.05) is 16.8 Å². The number of methoxy groups -OCH3 is 2. The van der Waals surface area contributed by atoms with Gasteiger partial charge in [-0.2, -0.15) is 0 Å². The zero-order valence-corrected chi connectivity index (χ0v) is 13.9. The molecule has 1 amide bonds. The van der Waals surface area contributed by atoms with Gasteiger partial charge >= 0.3 is 0 Å². The predicted molar refractivity (Wildman–Crippen MR) is 80.0 cm³/mol. The van der Waals surface area contributed by atoms with E-state index in [4.69, 9.17) is 9.47 Å². The van der Waals surface area contributed by atoms with Gasteiger partial charge in [-0.15, -0.1) is 0 Å². The minimum absolute atomic E-state index is 0.0194. The molecule has 1 saturated heterocycles. The maximum Gasteiger partial charge on any atom is 0.270 e. The molecule has 2 heterocycles. The largest absolute Gasteiger partial charge is 0.377 e. The minimum atomic E-state index is -0.0603. The second-order valence-corrected chi connectivity index (χ2v) is 6.22. The van der Waals surface area contributed by atoms with Crippen molar-refractivity contribution in [2.45, 2.75) is 32.1 Å². The van der Waals surface area contributed by atoms with Crippen molar-refractivity contribution in [2.75, 3.05) is 27.3 Å². The molecule has 0 N–H and O–H groups in total. The van der Waals surface area contributed by atoms with E-state index in [1.54, 1.807) is 19.1 Å². The number of hydrogen-bond acceptors (Lipinski definition) is 3. The van der Waals surface area contributed by atoms with Crippen LogP contribution in [0.2, 0.25) is 0 Å². The number of amides is 1. The standard InChI is InChI=1S/C14H21BrN2O3/c1-9(2)17-6-10(15)5-11(17)14(18)16-7-12(19-3)13(8-16)20-4/h5-6,9,12-13H,7-8H2,1-4H3. The number of carbonyl (C=O) groups is 1. The highest BCUT2D eigenvalue weighted by molar-refractivity contribution is 9.10. The van der Waals surface area contributed by atoms with Gasteiger partial charge in [-0.25, -0.2) is 0 Å². The van der Waals surface area contributed by atoms with Gasteiger partial charge in [-0.3, -0.25) is 4.79 Å². The van der Waals surface area contributed by atoms with Crippen molar-refractivity contribution in [2.24, 2.45) is 0 Å². The van der Waals surface area contributed by atoms with Gasteiger partial charge in [0.25, 0.3) is 5.91 Å². The zero-order valence-electron chi connectivity index (χ0n) is 12.3. The summed E-state index contributed by atoms with van der Waals surface area (Å²) in [6, 6.07) is 2.10. The molecule has 0 aromatic carbocycles. The highest BCUT2D eigenvalue weighted by Gasteiger charge is 2.36. The molecular weight excluding hydrogens is 324 g/mol. The number of aromatic nitrogens is 1. The van der Waals surface area contributed by atoms with Crippen LogP contribution in [0.3, 0.4) is 0 Å². The van der Waals surface area contributed by atoms with Crippen LogP contribution in [0.1, 0.15) is 30.4 Å². The minimum Gasteiger partial charge on any atom is -0.377 e. The van der Waals surface area contributed by atoms with Crippen LogP contribution >= 0.6 is 15.9 Å². The summed E-state index contributed by atoms with van der Waals surface area (Å²) in [4.78, 5) is 14.5. The van der Waals surface area contributed by atoms with E-state index in [0.717, 1.165) is 4.47 Å². The van der Waals surface area contributed by atoms with Crippen LogP contribution in [0.25, 0.3) is 0 Å². The zero-order chi connectivity index (χ0) is 14.9. The van der Waals surface area contributed by atoms with Gasteiger partial charge in [0.1, 0.15) is 17.9 Å². The quantitative estimate of drug-likeness (QED) is 0.841. The molecule has 1 aromatic rings. The lowest BCUT2D eigenvalue weighted by Crippen LogP contribution is -2.31. The normalized spacial score (nSPS) is 22.8. The molecule has 0 saturated carbocycles. The Morgan fingerprint density at radius 3 is 2.30 bits per heavy atom. The average molecular weight is 345 g/mol. The Balaban J connectivity index is 2.20.